The van der Waals surface area contributed by atoms with Crippen LogP contribution in [0.3, 0.4) is 0 Å². The average Bonchev–Trinajstić information content (AvgIpc) is 3.03. The van der Waals surface area contributed by atoms with Gasteiger partial charge in [0.15, 0.2) is 0 Å². The Kier molecular flexibility index (Phi) is 3.45. The van der Waals surface area contributed by atoms with Gasteiger partial charge in [0.05, 0.1) is 18.2 Å². The first kappa shape index (κ1) is 13.4. The molecule has 3 rings (SSSR count). The summed E-state index contributed by atoms with van der Waals surface area (Å²) >= 11 is 1.42. The highest BCUT2D eigenvalue weighted by Gasteiger charge is 2.16. The first-order chi connectivity index (χ1) is 10.2. The van der Waals surface area contributed by atoms with E-state index in [-0.39, 0.29) is 11.1 Å². The highest BCUT2D eigenvalue weighted by atomic mass is 32.1. The standard InChI is InChI=1S/C15H12N2O3S/c1-20-10-6-4-9(5-7-10)12-13(11-3-2-8-21-11)15(19)17-16-14(12)18/h2-8H,1H3,(H,16,18)(H,17,19). The van der Waals surface area contributed by atoms with Crippen LogP contribution in [0.15, 0.2) is 51.4 Å². The molecule has 2 heterocycles. The lowest BCUT2D eigenvalue weighted by Gasteiger charge is -2.07. The van der Waals surface area contributed by atoms with E-state index in [1.807, 2.05) is 17.5 Å². The molecule has 0 aliphatic carbocycles. The predicted octanol–water partition coefficient (Wildman–Crippen LogP) is 2.47. The van der Waals surface area contributed by atoms with Gasteiger partial charge in [-0.05, 0) is 29.1 Å². The second kappa shape index (κ2) is 5.41. The molecule has 0 saturated heterocycles. The second-order valence-corrected chi connectivity index (χ2v) is 5.31. The fourth-order valence-electron chi connectivity index (χ4n) is 2.15. The van der Waals surface area contributed by atoms with Gasteiger partial charge in [0.1, 0.15) is 5.75 Å². The van der Waals surface area contributed by atoms with E-state index in [1.165, 1.54) is 11.3 Å². The first-order valence-corrected chi connectivity index (χ1v) is 7.12. The molecule has 5 nitrogen and oxygen atoms in total. The van der Waals surface area contributed by atoms with Crippen LogP contribution in [0.1, 0.15) is 0 Å². The molecule has 0 bridgehead atoms. The number of nitrogens with one attached hydrogen (secondary N) is 2. The largest absolute Gasteiger partial charge is 0.497 e. The van der Waals surface area contributed by atoms with E-state index in [1.54, 1.807) is 31.4 Å². The molecule has 0 saturated carbocycles. The van der Waals surface area contributed by atoms with Crippen LogP contribution >= 0.6 is 11.3 Å². The maximum absolute atomic E-state index is 12.2. The van der Waals surface area contributed by atoms with E-state index >= 15 is 0 Å². The van der Waals surface area contributed by atoms with Gasteiger partial charge in [0, 0.05) is 4.88 Å². The maximum Gasteiger partial charge on any atom is 0.271 e. The monoisotopic (exact) mass is 300 g/mol. The van der Waals surface area contributed by atoms with Gasteiger partial charge in [0.25, 0.3) is 11.1 Å². The van der Waals surface area contributed by atoms with Crippen LogP contribution in [0.5, 0.6) is 5.75 Å². The van der Waals surface area contributed by atoms with Gasteiger partial charge < -0.3 is 4.74 Å². The highest BCUT2D eigenvalue weighted by Crippen LogP contribution is 2.30. The molecule has 0 aliphatic heterocycles. The zero-order valence-electron chi connectivity index (χ0n) is 11.2. The summed E-state index contributed by atoms with van der Waals surface area (Å²) in [5.41, 5.74) is 0.778. The predicted molar refractivity (Wildman–Crippen MR) is 83.0 cm³/mol. The quantitative estimate of drug-likeness (QED) is 0.780. The number of ether oxygens (including phenoxy) is 1. The van der Waals surface area contributed by atoms with E-state index < -0.39 is 0 Å². The van der Waals surface area contributed by atoms with Gasteiger partial charge in [-0.2, -0.15) is 0 Å². The zero-order chi connectivity index (χ0) is 14.8. The summed E-state index contributed by atoms with van der Waals surface area (Å²) in [5.74, 6) is 0.692. The Balaban J connectivity index is 2.28. The molecule has 2 N–H and O–H groups in total. The van der Waals surface area contributed by atoms with Crippen LogP contribution in [0.2, 0.25) is 0 Å². The number of hydrogen-bond acceptors (Lipinski definition) is 4. The van der Waals surface area contributed by atoms with Gasteiger partial charge in [-0.1, -0.05) is 18.2 Å². The molecule has 0 fully saturated rings. The van der Waals surface area contributed by atoms with Crippen molar-refractivity contribution in [3.05, 3.63) is 62.5 Å². The average molecular weight is 300 g/mol. The SMILES string of the molecule is COc1ccc(-c2c(-c3cccs3)c(=O)[nH][nH]c2=O)cc1. The summed E-state index contributed by atoms with van der Waals surface area (Å²) in [5, 5.41) is 6.62. The van der Waals surface area contributed by atoms with E-state index in [0.717, 1.165) is 4.88 Å². The van der Waals surface area contributed by atoms with Crippen molar-refractivity contribution in [3.63, 3.8) is 0 Å². The normalized spacial score (nSPS) is 10.5. The summed E-state index contributed by atoms with van der Waals surface area (Å²) < 4.78 is 5.11. The Morgan fingerprint density at radius 3 is 2.19 bits per heavy atom. The van der Waals surface area contributed by atoms with Crippen molar-refractivity contribution in [2.45, 2.75) is 0 Å². The molecule has 0 atom stereocenters. The molecule has 6 heteroatoms. The Labute approximate surface area is 123 Å². The number of H-pyrrole nitrogens is 2. The van der Waals surface area contributed by atoms with Crippen molar-refractivity contribution >= 4 is 11.3 Å². The third-order valence-corrected chi connectivity index (χ3v) is 4.03. The summed E-state index contributed by atoms with van der Waals surface area (Å²) in [6.07, 6.45) is 0. The van der Waals surface area contributed by atoms with Crippen molar-refractivity contribution in [2.24, 2.45) is 0 Å². The number of benzene rings is 1. The third-order valence-electron chi connectivity index (χ3n) is 3.14. The maximum atomic E-state index is 12.2. The van der Waals surface area contributed by atoms with Crippen molar-refractivity contribution < 1.29 is 4.74 Å². The van der Waals surface area contributed by atoms with Gasteiger partial charge in [-0.15, -0.1) is 11.3 Å². The van der Waals surface area contributed by atoms with Crippen LogP contribution in [0.25, 0.3) is 21.6 Å². The lowest BCUT2D eigenvalue weighted by atomic mass is 10.0. The number of thiophene rings is 1. The zero-order valence-corrected chi connectivity index (χ0v) is 12.0. The van der Waals surface area contributed by atoms with E-state index in [2.05, 4.69) is 10.2 Å². The first-order valence-electron chi connectivity index (χ1n) is 6.24. The topological polar surface area (TPSA) is 75.0 Å². The number of hydrogen-bond donors (Lipinski definition) is 2. The number of aromatic nitrogens is 2. The second-order valence-electron chi connectivity index (χ2n) is 4.36. The van der Waals surface area contributed by atoms with E-state index in [9.17, 15) is 9.59 Å². The third kappa shape index (κ3) is 2.41. The lowest BCUT2D eigenvalue weighted by Crippen LogP contribution is -2.22. The van der Waals surface area contributed by atoms with Crippen LogP contribution in [0, 0.1) is 0 Å². The molecule has 0 spiro atoms. The van der Waals surface area contributed by atoms with Crippen LogP contribution in [-0.4, -0.2) is 17.3 Å². The molecule has 0 radical (unpaired) electrons. The molecule has 2 aromatic heterocycles. The molecule has 0 amide bonds. The minimum atomic E-state index is -0.330. The number of aromatic amines is 2. The van der Waals surface area contributed by atoms with Gasteiger partial charge in [0.2, 0.25) is 0 Å². The molecule has 1 aromatic carbocycles. The minimum Gasteiger partial charge on any atom is -0.497 e. The van der Waals surface area contributed by atoms with Crippen molar-refractivity contribution in [1.29, 1.82) is 0 Å². The molecule has 106 valence electrons. The number of methoxy groups -OCH3 is 1. The Hall–Kier alpha value is -2.60. The van der Waals surface area contributed by atoms with Crippen molar-refractivity contribution in [1.82, 2.24) is 10.2 Å². The molecule has 0 aliphatic rings. The van der Waals surface area contributed by atoms with Crippen molar-refractivity contribution in [3.8, 4) is 27.3 Å². The molecular weight excluding hydrogens is 288 g/mol. The smallest absolute Gasteiger partial charge is 0.271 e. The molecular formula is C15H12N2O3S. The van der Waals surface area contributed by atoms with Gasteiger partial charge in [-0.25, -0.2) is 0 Å². The summed E-state index contributed by atoms with van der Waals surface area (Å²) in [6.45, 7) is 0. The van der Waals surface area contributed by atoms with Gasteiger partial charge in [-0.3, -0.25) is 19.8 Å². The number of rotatable bonds is 3. The highest BCUT2D eigenvalue weighted by molar-refractivity contribution is 7.13. The summed E-state index contributed by atoms with van der Waals surface area (Å²) in [6, 6.07) is 10.7. The van der Waals surface area contributed by atoms with E-state index in [0.29, 0.717) is 22.4 Å². The summed E-state index contributed by atoms with van der Waals surface area (Å²) in [4.78, 5) is 25.1. The van der Waals surface area contributed by atoms with Gasteiger partial charge >= 0.3 is 0 Å². The lowest BCUT2D eigenvalue weighted by molar-refractivity contribution is 0.415. The van der Waals surface area contributed by atoms with Crippen LogP contribution in [-0.2, 0) is 0 Å². The fraction of sp³-hybridized carbons (Fsp3) is 0.0667. The fourth-order valence-corrected chi connectivity index (χ4v) is 2.93. The minimum absolute atomic E-state index is 0.317. The molecule has 21 heavy (non-hydrogen) atoms. The van der Waals surface area contributed by atoms with Crippen molar-refractivity contribution in [2.75, 3.05) is 7.11 Å². The molecule has 0 unspecified atom stereocenters. The van der Waals surface area contributed by atoms with Crippen LogP contribution in [0.4, 0.5) is 0 Å². The summed E-state index contributed by atoms with van der Waals surface area (Å²) in [7, 11) is 1.58. The Bertz CT molecular complexity index is 861. The molecule has 3 aromatic rings. The Morgan fingerprint density at radius 1 is 0.952 bits per heavy atom. The van der Waals surface area contributed by atoms with Crippen LogP contribution < -0.4 is 15.9 Å². The van der Waals surface area contributed by atoms with E-state index in [4.69, 9.17) is 4.74 Å². The Morgan fingerprint density at radius 2 is 1.62 bits per heavy atom.